The maximum absolute atomic E-state index is 12.7. The third kappa shape index (κ3) is 2.18. The highest BCUT2D eigenvalue weighted by Crippen LogP contribution is 2.49. The Morgan fingerprint density at radius 1 is 0.857 bits per heavy atom. The minimum absolute atomic E-state index is 0.278. The van der Waals surface area contributed by atoms with Crippen molar-refractivity contribution < 1.29 is 4.21 Å². The molecule has 0 saturated heterocycles. The Kier molecular flexibility index (Phi) is 3.38. The zero-order chi connectivity index (χ0) is 15.0. The van der Waals surface area contributed by atoms with Crippen molar-refractivity contribution in [2.45, 2.75) is 13.8 Å². The summed E-state index contributed by atoms with van der Waals surface area (Å²) in [6.07, 6.45) is 0. The van der Waals surface area contributed by atoms with E-state index in [9.17, 15) is 4.21 Å². The second-order valence-electron chi connectivity index (χ2n) is 5.66. The highest BCUT2D eigenvalue weighted by molar-refractivity contribution is 8.09. The fourth-order valence-corrected chi connectivity index (χ4v) is 4.44. The average molecular weight is 295 g/mol. The van der Waals surface area contributed by atoms with E-state index in [-0.39, 0.29) is 5.04 Å². The maximum Gasteiger partial charge on any atom is 0.110 e. The monoisotopic (exact) mass is 295 g/mol. The van der Waals surface area contributed by atoms with E-state index in [0.717, 1.165) is 21.6 Å². The third-order valence-corrected chi connectivity index (χ3v) is 5.58. The SMILES string of the molecule is CC1(C)C(=N)S(=O)C(c2ccccc2)=C1c1ccccc1. The number of hydrogen-bond acceptors (Lipinski definition) is 2. The first-order chi connectivity index (χ1) is 10.0. The molecule has 0 aliphatic carbocycles. The van der Waals surface area contributed by atoms with Crippen molar-refractivity contribution in [2.24, 2.45) is 5.41 Å². The molecule has 2 nitrogen and oxygen atoms in total. The van der Waals surface area contributed by atoms with Gasteiger partial charge in [-0.2, -0.15) is 0 Å². The van der Waals surface area contributed by atoms with Crippen molar-refractivity contribution in [3.63, 3.8) is 0 Å². The summed E-state index contributed by atoms with van der Waals surface area (Å²) in [5, 5.41) is 8.55. The summed E-state index contributed by atoms with van der Waals surface area (Å²) in [6.45, 7) is 3.96. The van der Waals surface area contributed by atoms with E-state index in [2.05, 4.69) is 0 Å². The Morgan fingerprint density at radius 3 is 1.86 bits per heavy atom. The molecule has 0 saturated carbocycles. The van der Waals surface area contributed by atoms with Crippen LogP contribution in [0.15, 0.2) is 60.7 Å². The molecule has 1 aliphatic rings. The van der Waals surface area contributed by atoms with E-state index in [0.29, 0.717) is 0 Å². The Labute approximate surface area is 127 Å². The molecule has 106 valence electrons. The molecule has 0 amide bonds. The van der Waals surface area contributed by atoms with Gasteiger partial charge in [-0.25, -0.2) is 4.21 Å². The smallest absolute Gasteiger partial charge is 0.110 e. The van der Waals surface area contributed by atoms with Gasteiger partial charge >= 0.3 is 0 Å². The van der Waals surface area contributed by atoms with Gasteiger partial charge in [-0.1, -0.05) is 60.7 Å². The summed E-state index contributed by atoms with van der Waals surface area (Å²) >= 11 is 0. The molecule has 1 aliphatic heterocycles. The molecule has 2 aromatic rings. The van der Waals surface area contributed by atoms with Gasteiger partial charge in [-0.15, -0.1) is 0 Å². The summed E-state index contributed by atoms with van der Waals surface area (Å²) in [4.78, 5) is 0.775. The zero-order valence-electron chi connectivity index (χ0n) is 12.1. The molecule has 1 atom stereocenters. The fraction of sp³-hybridized carbons (Fsp3) is 0.167. The molecular formula is C18H17NOS. The number of rotatable bonds is 2. The van der Waals surface area contributed by atoms with Crippen LogP contribution in [0.5, 0.6) is 0 Å². The molecule has 21 heavy (non-hydrogen) atoms. The molecule has 0 spiro atoms. The Balaban J connectivity index is 2.32. The van der Waals surface area contributed by atoms with Crippen molar-refractivity contribution in [3.8, 4) is 0 Å². The first-order valence-electron chi connectivity index (χ1n) is 6.90. The summed E-state index contributed by atoms with van der Waals surface area (Å²) in [5.41, 5.74) is 2.46. The van der Waals surface area contributed by atoms with Gasteiger partial charge in [0.1, 0.15) is 15.8 Å². The van der Waals surface area contributed by atoms with Gasteiger partial charge in [0.25, 0.3) is 0 Å². The predicted octanol–water partition coefficient (Wildman–Crippen LogP) is 4.32. The number of allylic oxidation sites excluding steroid dienone is 1. The van der Waals surface area contributed by atoms with Crippen LogP contribution in [0, 0.1) is 10.8 Å². The van der Waals surface area contributed by atoms with Crippen LogP contribution in [0.4, 0.5) is 0 Å². The van der Waals surface area contributed by atoms with Crippen molar-refractivity contribution in [1.29, 1.82) is 5.41 Å². The lowest BCUT2D eigenvalue weighted by molar-refractivity contribution is 0.687. The number of benzene rings is 2. The van der Waals surface area contributed by atoms with Crippen molar-refractivity contribution in [1.82, 2.24) is 0 Å². The zero-order valence-corrected chi connectivity index (χ0v) is 12.9. The molecule has 1 heterocycles. The van der Waals surface area contributed by atoms with Crippen LogP contribution in [0.1, 0.15) is 25.0 Å². The van der Waals surface area contributed by atoms with Gasteiger partial charge in [0, 0.05) is 5.41 Å². The Hall–Kier alpha value is -2.00. The van der Waals surface area contributed by atoms with Gasteiger partial charge in [0.2, 0.25) is 0 Å². The van der Waals surface area contributed by atoms with E-state index in [1.165, 1.54) is 0 Å². The van der Waals surface area contributed by atoms with E-state index in [1.807, 2.05) is 74.5 Å². The van der Waals surface area contributed by atoms with Crippen molar-refractivity contribution >= 4 is 26.3 Å². The van der Waals surface area contributed by atoms with Gasteiger partial charge in [0.05, 0.1) is 4.91 Å². The fourth-order valence-electron chi connectivity index (χ4n) is 2.76. The van der Waals surface area contributed by atoms with Crippen molar-refractivity contribution in [2.75, 3.05) is 0 Å². The molecule has 2 aromatic carbocycles. The van der Waals surface area contributed by atoms with Crippen LogP contribution >= 0.6 is 0 Å². The van der Waals surface area contributed by atoms with Gasteiger partial charge in [-0.05, 0) is 30.5 Å². The van der Waals surface area contributed by atoms with Crippen LogP contribution < -0.4 is 0 Å². The van der Waals surface area contributed by atoms with Gasteiger partial charge in [-0.3, -0.25) is 5.41 Å². The molecular weight excluding hydrogens is 278 g/mol. The van der Waals surface area contributed by atoms with Gasteiger partial charge in [0.15, 0.2) is 0 Å². The minimum atomic E-state index is -1.39. The highest BCUT2D eigenvalue weighted by atomic mass is 32.2. The first kappa shape index (κ1) is 14.0. The maximum atomic E-state index is 12.7. The first-order valence-corrected chi connectivity index (χ1v) is 8.05. The van der Waals surface area contributed by atoms with E-state index >= 15 is 0 Å². The Morgan fingerprint density at radius 2 is 1.33 bits per heavy atom. The topological polar surface area (TPSA) is 40.9 Å². The van der Waals surface area contributed by atoms with Crippen LogP contribution in [-0.4, -0.2) is 9.25 Å². The quantitative estimate of drug-likeness (QED) is 0.880. The molecule has 1 unspecified atom stereocenters. The Bertz CT molecular complexity index is 745. The lowest BCUT2D eigenvalue weighted by Gasteiger charge is -2.22. The third-order valence-electron chi connectivity index (χ3n) is 3.89. The van der Waals surface area contributed by atoms with Gasteiger partial charge < -0.3 is 0 Å². The number of nitrogens with one attached hydrogen (secondary N) is 1. The summed E-state index contributed by atoms with van der Waals surface area (Å²) < 4.78 is 12.7. The molecule has 0 fully saturated rings. The molecule has 1 N–H and O–H groups in total. The minimum Gasteiger partial charge on any atom is -0.295 e. The van der Waals surface area contributed by atoms with Crippen LogP contribution in [0.2, 0.25) is 0 Å². The van der Waals surface area contributed by atoms with E-state index < -0.39 is 16.2 Å². The molecule has 0 bridgehead atoms. The average Bonchev–Trinajstić information content (AvgIpc) is 2.69. The highest BCUT2D eigenvalue weighted by Gasteiger charge is 2.44. The second-order valence-corrected chi connectivity index (χ2v) is 7.01. The standard InChI is InChI=1S/C18H17NOS/c1-18(2)15(13-9-5-3-6-10-13)16(21(20)17(18)19)14-11-7-4-8-12-14/h3-12,19H,1-2H3. The molecule has 3 heteroatoms. The second kappa shape index (κ2) is 5.08. The molecule has 0 aromatic heterocycles. The molecule has 3 rings (SSSR count). The lowest BCUT2D eigenvalue weighted by Crippen LogP contribution is -2.21. The largest absolute Gasteiger partial charge is 0.295 e. The van der Waals surface area contributed by atoms with E-state index in [4.69, 9.17) is 5.41 Å². The number of hydrogen-bond donors (Lipinski definition) is 1. The predicted molar refractivity (Wildman–Crippen MR) is 89.3 cm³/mol. The van der Waals surface area contributed by atoms with E-state index in [1.54, 1.807) is 0 Å². The summed E-state index contributed by atoms with van der Waals surface area (Å²) in [5.74, 6) is 0. The van der Waals surface area contributed by atoms with Crippen LogP contribution in [0.25, 0.3) is 10.5 Å². The normalized spacial score (nSPS) is 20.9. The van der Waals surface area contributed by atoms with Crippen LogP contribution in [0.3, 0.4) is 0 Å². The molecule has 0 radical (unpaired) electrons. The van der Waals surface area contributed by atoms with Crippen LogP contribution in [-0.2, 0) is 10.8 Å². The lowest BCUT2D eigenvalue weighted by atomic mass is 9.80. The summed E-state index contributed by atoms with van der Waals surface area (Å²) in [7, 11) is -1.39. The van der Waals surface area contributed by atoms with Crippen molar-refractivity contribution in [3.05, 3.63) is 71.8 Å². The summed E-state index contributed by atoms with van der Waals surface area (Å²) in [6, 6.07) is 19.7.